The Morgan fingerprint density at radius 3 is 2.57 bits per heavy atom. The minimum absolute atomic E-state index is 0.0565. The van der Waals surface area contributed by atoms with Gasteiger partial charge in [0.25, 0.3) is 15.9 Å². The minimum Gasteiger partial charge on any atom is -0.489 e. The first-order valence-electron chi connectivity index (χ1n) is 10.8. The van der Waals surface area contributed by atoms with E-state index in [-0.39, 0.29) is 21.7 Å². The van der Waals surface area contributed by atoms with Crippen LogP contribution in [0.3, 0.4) is 0 Å². The minimum atomic E-state index is -4.06. The summed E-state index contributed by atoms with van der Waals surface area (Å²) < 4.78 is 33.7. The van der Waals surface area contributed by atoms with E-state index in [1.165, 1.54) is 18.3 Å². The van der Waals surface area contributed by atoms with Crippen LogP contribution >= 0.6 is 23.4 Å². The van der Waals surface area contributed by atoms with Crippen molar-refractivity contribution in [2.45, 2.75) is 17.9 Å². The zero-order valence-electron chi connectivity index (χ0n) is 18.9. The number of sulfonamides is 1. The maximum atomic E-state index is 13.4. The SMILES string of the molecule is Cc1ccc(S(=O)(=O)N(CC(=O)N/N=C\c2cccc(OC3CSC3)c2)c2ccccc2Cl)cc1. The third kappa shape index (κ3) is 6.36. The number of rotatable bonds is 9. The van der Waals surface area contributed by atoms with Gasteiger partial charge in [0.05, 0.1) is 21.8 Å². The molecule has 0 bridgehead atoms. The van der Waals surface area contributed by atoms with E-state index in [9.17, 15) is 13.2 Å². The summed E-state index contributed by atoms with van der Waals surface area (Å²) in [5.41, 5.74) is 4.26. The van der Waals surface area contributed by atoms with Gasteiger partial charge in [0, 0.05) is 11.5 Å². The van der Waals surface area contributed by atoms with Gasteiger partial charge < -0.3 is 4.74 Å². The number of hydrazone groups is 1. The number of benzene rings is 3. The van der Waals surface area contributed by atoms with Crippen molar-refractivity contribution in [3.8, 4) is 5.75 Å². The zero-order chi connectivity index (χ0) is 24.8. The molecule has 0 unspecified atom stereocenters. The van der Waals surface area contributed by atoms with Crippen molar-refractivity contribution >= 4 is 51.2 Å². The second-order valence-corrected chi connectivity index (χ2v) is 11.3. The number of ether oxygens (including phenoxy) is 1. The molecule has 35 heavy (non-hydrogen) atoms. The first-order valence-corrected chi connectivity index (χ1v) is 13.8. The molecule has 1 fully saturated rings. The predicted octanol–water partition coefficient (Wildman–Crippen LogP) is 4.49. The topological polar surface area (TPSA) is 88.1 Å². The normalized spacial score (nSPS) is 13.9. The molecule has 0 saturated carbocycles. The first kappa shape index (κ1) is 25.1. The summed E-state index contributed by atoms with van der Waals surface area (Å²) >= 11 is 8.13. The largest absolute Gasteiger partial charge is 0.489 e. The lowest BCUT2D eigenvalue weighted by Crippen LogP contribution is -2.39. The zero-order valence-corrected chi connectivity index (χ0v) is 21.3. The number of nitrogens with zero attached hydrogens (tertiary/aromatic N) is 2. The van der Waals surface area contributed by atoms with Gasteiger partial charge in [-0.2, -0.15) is 16.9 Å². The van der Waals surface area contributed by atoms with Crippen molar-refractivity contribution in [3.05, 3.63) is 88.9 Å². The number of halogens is 1. The van der Waals surface area contributed by atoms with Gasteiger partial charge in [0.1, 0.15) is 18.4 Å². The third-order valence-electron chi connectivity index (χ3n) is 5.19. The van der Waals surface area contributed by atoms with Crippen LogP contribution in [0.25, 0.3) is 0 Å². The van der Waals surface area contributed by atoms with Crippen LogP contribution in [-0.4, -0.2) is 44.7 Å². The highest BCUT2D eigenvalue weighted by atomic mass is 35.5. The lowest BCUT2D eigenvalue weighted by Gasteiger charge is -2.25. The Hall–Kier alpha value is -3.01. The van der Waals surface area contributed by atoms with Gasteiger partial charge in [-0.1, -0.05) is 53.6 Å². The Morgan fingerprint density at radius 1 is 1.14 bits per heavy atom. The second-order valence-electron chi connectivity index (χ2n) is 7.92. The molecule has 1 aliphatic rings. The van der Waals surface area contributed by atoms with Crippen molar-refractivity contribution in [2.24, 2.45) is 5.10 Å². The molecule has 1 saturated heterocycles. The number of anilines is 1. The number of thioether (sulfide) groups is 1. The Balaban J connectivity index is 1.49. The van der Waals surface area contributed by atoms with Gasteiger partial charge in [0.15, 0.2) is 0 Å². The highest BCUT2D eigenvalue weighted by molar-refractivity contribution is 8.00. The Kier molecular flexibility index (Phi) is 8.00. The fourth-order valence-corrected chi connectivity index (χ4v) is 5.57. The number of aryl methyl sites for hydroxylation is 1. The van der Waals surface area contributed by atoms with Crippen LogP contribution in [0.1, 0.15) is 11.1 Å². The predicted molar refractivity (Wildman–Crippen MR) is 141 cm³/mol. The van der Waals surface area contributed by atoms with Gasteiger partial charge in [-0.3, -0.25) is 9.10 Å². The molecule has 1 aliphatic heterocycles. The molecule has 3 aromatic rings. The highest BCUT2D eigenvalue weighted by Crippen LogP contribution is 2.30. The molecule has 4 rings (SSSR count). The monoisotopic (exact) mass is 529 g/mol. The average Bonchev–Trinajstić information content (AvgIpc) is 2.81. The second kappa shape index (κ2) is 11.2. The maximum Gasteiger partial charge on any atom is 0.264 e. The van der Waals surface area contributed by atoms with Gasteiger partial charge >= 0.3 is 0 Å². The molecule has 1 N–H and O–H groups in total. The summed E-state index contributed by atoms with van der Waals surface area (Å²) in [6.07, 6.45) is 1.70. The molecular formula is C25H24ClN3O4S2. The molecular weight excluding hydrogens is 506 g/mol. The number of para-hydroxylation sites is 1. The van der Waals surface area contributed by atoms with E-state index >= 15 is 0 Å². The van der Waals surface area contributed by atoms with Crippen LogP contribution in [-0.2, 0) is 14.8 Å². The van der Waals surface area contributed by atoms with E-state index < -0.39 is 22.5 Å². The van der Waals surface area contributed by atoms with E-state index in [4.69, 9.17) is 16.3 Å². The van der Waals surface area contributed by atoms with Crippen molar-refractivity contribution in [1.29, 1.82) is 0 Å². The molecule has 0 radical (unpaired) electrons. The van der Waals surface area contributed by atoms with Crippen LogP contribution in [0, 0.1) is 6.92 Å². The third-order valence-corrected chi connectivity index (χ3v) is 8.50. The number of amides is 1. The van der Waals surface area contributed by atoms with Crippen molar-refractivity contribution in [1.82, 2.24) is 5.43 Å². The van der Waals surface area contributed by atoms with Crippen molar-refractivity contribution < 1.29 is 17.9 Å². The number of carbonyl (C=O) groups excluding carboxylic acids is 1. The number of nitrogens with one attached hydrogen (secondary N) is 1. The summed E-state index contributed by atoms with van der Waals surface area (Å²) in [4.78, 5) is 12.8. The maximum absolute atomic E-state index is 13.4. The standard InChI is InChI=1S/C25H24ClN3O4S2/c1-18-9-11-22(12-10-18)35(31,32)29(24-8-3-2-7-23(24)26)15-25(30)28-27-14-19-5-4-6-20(13-19)33-21-16-34-17-21/h2-14,21H,15-17H2,1H3,(H,28,30)/b27-14-. The van der Waals surface area contributed by atoms with E-state index in [1.807, 2.05) is 43.0 Å². The van der Waals surface area contributed by atoms with E-state index in [0.29, 0.717) is 0 Å². The molecule has 3 aromatic carbocycles. The fourth-order valence-electron chi connectivity index (χ4n) is 3.28. The van der Waals surface area contributed by atoms with Crippen molar-refractivity contribution in [2.75, 3.05) is 22.4 Å². The summed E-state index contributed by atoms with van der Waals surface area (Å²) in [5.74, 6) is 2.07. The average molecular weight is 530 g/mol. The molecule has 0 spiro atoms. The van der Waals surface area contributed by atoms with E-state index in [2.05, 4.69) is 10.5 Å². The number of carbonyl (C=O) groups is 1. The molecule has 0 aromatic heterocycles. The molecule has 0 atom stereocenters. The molecule has 7 nitrogen and oxygen atoms in total. The Bertz CT molecular complexity index is 1330. The van der Waals surface area contributed by atoms with Gasteiger partial charge in [-0.25, -0.2) is 13.8 Å². The molecule has 182 valence electrons. The number of hydrogen-bond acceptors (Lipinski definition) is 6. The van der Waals surface area contributed by atoms with E-state index in [1.54, 1.807) is 36.4 Å². The highest BCUT2D eigenvalue weighted by Gasteiger charge is 2.28. The van der Waals surface area contributed by atoms with Crippen LogP contribution in [0.4, 0.5) is 5.69 Å². The van der Waals surface area contributed by atoms with Crippen LogP contribution in [0.5, 0.6) is 5.75 Å². The molecule has 0 aliphatic carbocycles. The number of hydrogen-bond donors (Lipinski definition) is 1. The van der Waals surface area contributed by atoms with Crippen LogP contribution < -0.4 is 14.5 Å². The summed E-state index contributed by atoms with van der Waals surface area (Å²) in [6, 6.07) is 20.2. The lowest BCUT2D eigenvalue weighted by atomic mass is 10.2. The van der Waals surface area contributed by atoms with Crippen LogP contribution in [0.15, 0.2) is 82.8 Å². The van der Waals surface area contributed by atoms with Gasteiger partial charge in [0.2, 0.25) is 0 Å². The summed E-state index contributed by atoms with van der Waals surface area (Å²) in [7, 11) is -4.06. The first-order chi connectivity index (χ1) is 16.8. The van der Waals surface area contributed by atoms with Gasteiger partial charge in [-0.05, 0) is 48.9 Å². The molecule has 1 heterocycles. The Labute approximate surface area is 214 Å². The van der Waals surface area contributed by atoms with Gasteiger partial charge in [-0.15, -0.1) is 0 Å². The van der Waals surface area contributed by atoms with E-state index in [0.717, 1.165) is 32.7 Å². The quantitative estimate of drug-likeness (QED) is 0.326. The Morgan fingerprint density at radius 2 is 1.89 bits per heavy atom. The summed E-state index contributed by atoms with van der Waals surface area (Å²) in [5, 5.41) is 4.20. The fraction of sp³-hybridized carbons (Fsp3) is 0.200. The smallest absolute Gasteiger partial charge is 0.264 e. The molecule has 10 heteroatoms. The lowest BCUT2D eigenvalue weighted by molar-refractivity contribution is -0.119. The molecule has 1 amide bonds. The van der Waals surface area contributed by atoms with Crippen molar-refractivity contribution in [3.63, 3.8) is 0 Å². The summed E-state index contributed by atoms with van der Waals surface area (Å²) in [6.45, 7) is 1.36. The van der Waals surface area contributed by atoms with Crippen LogP contribution in [0.2, 0.25) is 5.02 Å².